The van der Waals surface area contributed by atoms with E-state index in [0.29, 0.717) is 18.1 Å². The monoisotopic (exact) mass is 256 g/mol. The van der Waals surface area contributed by atoms with E-state index < -0.39 is 0 Å². The van der Waals surface area contributed by atoms with Gasteiger partial charge in [0.25, 0.3) is 0 Å². The van der Waals surface area contributed by atoms with Crippen LogP contribution in [0.15, 0.2) is 11.4 Å². The van der Waals surface area contributed by atoms with Crippen LogP contribution in [-0.4, -0.2) is 41.7 Å². The fourth-order valence-corrected chi connectivity index (χ4v) is 1.19. The zero-order chi connectivity index (χ0) is 12.8. The van der Waals surface area contributed by atoms with Gasteiger partial charge in [-0.3, -0.25) is 0 Å². The van der Waals surface area contributed by atoms with Crippen LogP contribution < -0.4 is 21.1 Å². The molecular weight excluding hydrogens is 236 g/mol. The number of hydrogen-bond donors (Lipinski definition) is 2. The molecule has 0 unspecified atom stereocenters. The van der Waals surface area contributed by atoms with Crippen molar-refractivity contribution in [3.8, 4) is 11.8 Å². The maximum absolute atomic E-state index is 5.79. The number of ether oxygens (including phenoxy) is 2. The maximum Gasteiger partial charge on any atom is 0.231 e. The Bertz CT molecular complexity index is 407. The number of hydrogen-bond acceptors (Lipinski definition) is 7. The normalized spacial score (nSPS) is 10.6. The molecule has 1 rings (SSSR count). The van der Waals surface area contributed by atoms with Gasteiger partial charge in [0, 0.05) is 7.05 Å². The van der Waals surface area contributed by atoms with Gasteiger partial charge in [-0.2, -0.15) is 0 Å². The molecule has 0 aromatic carbocycles. The molecule has 0 amide bonds. The Balaban J connectivity index is 0.00000289. The molecule has 0 saturated heterocycles. The fraction of sp³-hybridized carbons (Fsp3) is 0.500. The molecule has 1 heterocycles. The summed E-state index contributed by atoms with van der Waals surface area (Å²) < 4.78 is 10.4. The summed E-state index contributed by atoms with van der Waals surface area (Å²) in [6, 6.07) is 0. The van der Waals surface area contributed by atoms with Gasteiger partial charge in [-0.05, 0) is 6.92 Å². The number of hydrazine groups is 1. The van der Waals surface area contributed by atoms with Crippen LogP contribution in [0.4, 0.5) is 0 Å². The SMILES string of the molecule is C.CCOc1ncnc(OC)c1/C(N)=N/N(C)N. The van der Waals surface area contributed by atoms with Gasteiger partial charge in [-0.15, -0.1) is 5.10 Å². The van der Waals surface area contributed by atoms with Crippen LogP contribution >= 0.6 is 0 Å². The molecule has 0 aliphatic heterocycles. The molecular formula is C10H20N6O2. The predicted molar refractivity (Wildman–Crippen MR) is 69.2 cm³/mol. The van der Waals surface area contributed by atoms with Crippen molar-refractivity contribution in [1.29, 1.82) is 0 Å². The van der Waals surface area contributed by atoms with Crippen LogP contribution in [-0.2, 0) is 0 Å². The van der Waals surface area contributed by atoms with Crippen LogP contribution in [0.2, 0.25) is 0 Å². The van der Waals surface area contributed by atoms with Crippen molar-refractivity contribution in [2.45, 2.75) is 14.4 Å². The summed E-state index contributed by atoms with van der Waals surface area (Å²) in [5.41, 5.74) is 6.18. The first-order valence-electron chi connectivity index (χ1n) is 4.94. The molecule has 18 heavy (non-hydrogen) atoms. The molecule has 8 heteroatoms. The van der Waals surface area contributed by atoms with E-state index >= 15 is 0 Å². The molecule has 0 bridgehead atoms. The average Bonchev–Trinajstić information content (AvgIpc) is 2.28. The van der Waals surface area contributed by atoms with Crippen molar-refractivity contribution < 1.29 is 9.47 Å². The summed E-state index contributed by atoms with van der Waals surface area (Å²) in [5.74, 6) is 6.10. The second-order valence-electron chi connectivity index (χ2n) is 3.06. The van der Waals surface area contributed by atoms with E-state index in [1.165, 1.54) is 13.4 Å². The van der Waals surface area contributed by atoms with Gasteiger partial charge in [-0.1, -0.05) is 7.43 Å². The Kier molecular flexibility index (Phi) is 6.43. The molecule has 0 radical (unpaired) electrons. The Labute approximate surface area is 107 Å². The number of hydrazone groups is 1. The molecule has 0 saturated carbocycles. The highest BCUT2D eigenvalue weighted by Gasteiger charge is 2.17. The number of nitrogens with zero attached hydrogens (tertiary/aromatic N) is 4. The summed E-state index contributed by atoms with van der Waals surface area (Å²) >= 11 is 0. The Morgan fingerprint density at radius 3 is 2.56 bits per heavy atom. The molecule has 0 fully saturated rings. The minimum atomic E-state index is 0. The molecule has 0 aliphatic rings. The van der Waals surface area contributed by atoms with Crippen molar-refractivity contribution in [3.05, 3.63) is 11.9 Å². The first kappa shape index (κ1) is 15.9. The Morgan fingerprint density at radius 2 is 2.06 bits per heavy atom. The highest BCUT2D eigenvalue weighted by Crippen LogP contribution is 2.23. The largest absolute Gasteiger partial charge is 0.480 e. The summed E-state index contributed by atoms with van der Waals surface area (Å²) in [4.78, 5) is 7.91. The molecule has 1 aromatic heterocycles. The number of aromatic nitrogens is 2. The molecule has 0 aliphatic carbocycles. The quantitative estimate of drug-likeness (QED) is 0.328. The van der Waals surface area contributed by atoms with Gasteiger partial charge in [0.2, 0.25) is 11.8 Å². The standard InChI is InChI=1S/C9H16N6O2.CH4/c1-4-17-9-6(7(10)14-15(2)11)8(16-3)12-5-13-9;/h5H,4,11H2,1-3H3,(H2,10,14);1H4. The third-order valence-corrected chi connectivity index (χ3v) is 1.77. The lowest BCUT2D eigenvalue weighted by Gasteiger charge is -2.12. The fourth-order valence-electron chi connectivity index (χ4n) is 1.19. The number of amidine groups is 1. The summed E-state index contributed by atoms with van der Waals surface area (Å²) in [7, 11) is 3.02. The Morgan fingerprint density at radius 1 is 1.44 bits per heavy atom. The molecule has 0 spiro atoms. The summed E-state index contributed by atoms with van der Waals surface area (Å²) in [6.07, 6.45) is 1.33. The minimum Gasteiger partial charge on any atom is -0.480 e. The lowest BCUT2D eigenvalue weighted by molar-refractivity contribution is 0.318. The number of methoxy groups -OCH3 is 1. The highest BCUT2D eigenvalue weighted by atomic mass is 16.5. The van der Waals surface area contributed by atoms with Gasteiger partial charge < -0.3 is 15.2 Å². The van der Waals surface area contributed by atoms with Crippen molar-refractivity contribution in [3.63, 3.8) is 0 Å². The molecule has 1 aromatic rings. The van der Waals surface area contributed by atoms with Crippen molar-refractivity contribution in [2.24, 2.45) is 16.7 Å². The predicted octanol–water partition coefficient (Wildman–Crippen LogP) is -0.0542. The van der Waals surface area contributed by atoms with E-state index in [9.17, 15) is 0 Å². The smallest absolute Gasteiger partial charge is 0.231 e. The maximum atomic E-state index is 5.79. The number of nitrogens with two attached hydrogens (primary N) is 2. The second-order valence-corrected chi connectivity index (χ2v) is 3.06. The zero-order valence-electron chi connectivity index (χ0n) is 10.0. The van der Waals surface area contributed by atoms with Gasteiger partial charge in [0.05, 0.1) is 13.7 Å². The van der Waals surface area contributed by atoms with E-state index in [0.717, 1.165) is 5.12 Å². The Hall–Kier alpha value is -2.09. The third kappa shape index (κ3) is 3.74. The van der Waals surface area contributed by atoms with E-state index in [1.54, 1.807) is 7.05 Å². The van der Waals surface area contributed by atoms with Gasteiger partial charge >= 0.3 is 0 Å². The number of rotatable bonds is 5. The first-order chi connectivity index (χ1) is 8.10. The third-order valence-electron chi connectivity index (χ3n) is 1.77. The van der Waals surface area contributed by atoms with E-state index in [-0.39, 0.29) is 19.1 Å². The second kappa shape index (κ2) is 7.28. The van der Waals surface area contributed by atoms with Crippen LogP contribution in [0.3, 0.4) is 0 Å². The van der Waals surface area contributed by atoms with Crippen molar-refractivity contribution in [1.82, 2.24) is 15.1 Å². The average molecular weight is 256 g/mol. The van der Waals surface area contributed by atoms with Crippen LogP contribution in [0.1, 0.15) is 19.9 Å². The van der Waals surface area contributed by atoms with Crippen molar-refractivity contribution >= 4 is 5.84 Å². The first-order valence-corrected chi connectivity index (χ1v) is 4.94. The van der Waals surface area contributed by atoms with Gasteiger partial charge in [-0.25, -0.2) is 20.9 Å². The van der Waals surface area contributed by atoms with E-state index in [4.69, 9.17) is 21.1 Å². The molecule has 102 valence electrons. The molecule has 0 atom stereocenters. The lowest BCUT2D eigenvalue weighted by atomic mass is 10.3. The topological polar surface area (TPSA) is 112 Å². The molecule has 4 N–H and O–H groups in total. The van der Waals surface area contributed by atoms with Gasteiger partial charge in [0.1, 0.15) is 11.9 Å². The molecule has 8 nitrogen and oxygen atoms in total. The zero-order valence-corrected chi connectivity index (χ0v) is 10.0. The van der Waals surface area contributed by atoms with Crippen LogP contribution in [0, 0.1) is 0 Å². The van der Waals surface area contributed by atoms with Crippen LogP contribution in [0.5, 0.6) is 11.8 Å². The van der Waals surface area contributed by atoms with Gasteiger partial charge in [0.15, 0.2) is 5.84 Å². The van der Waals surface area contributed by atoms with E-state index in [2.05, 4.69) is 15.1 Å². The highest BCUT2D eigenvalue weighted by molar-refractivity contribution is 6.01. The summed E-state index contributed by atoms with van der Waals surface area (Å²) in [6.45, 7) is 2.28. The summed E-state index contributed by atoms with van der Waals surface area (Å²) in [5, 5.41) is 4.95. The van der Waals surface area contributed by atoms with Crippen molar-refractivity contribution in [2.75, 3.05) is 20.8 Å². The minimum absolute atomic E-state index is 0. The van der Waals surface area contributed by atoms with Crippen LogP contribution in [0.25, 0.3) is 0 Å². The lowest BCUT2D eigenvalue weighted by Crippen LogP contribution is -2.26. The van der Waals surface area contributed by atoms with E-state index in [1.807, 2.05) is 6.92 Å².